The fourth-order valence-electron chi connectivity index (χ4n) is 2.45. The summed E-state index contributed by atoms with van der Waals surface area (Å²) >= 11 is 0. The van der Waals surface area contributed by atoms with Crippen LogP contribution in [-0.2, 0) is 13.0 Å². The molecule has 0 saturated carbocycles. The van der Waals surface area contributed by atoms with Crippen LogP contribution in [0.15, 0.2) is 24.3 Å². The third-order valence-electron chi connectivity index (χ3n) is 3.18. The summed E-state index contributed by atoms with van der Waals surface area (Å²) in [7, 11) is 0. The van der Waals surface area contributed by atoms with Crippen molar-refractivity contribution >= 4 is 10.9 Å². The lowest BCUT2D eigenvalue weighted by Gasteiger charge is -2.09. The molecule has 0 aliphatic heterocycles. The molecule has 1 heteroatoms. The van der Waals surface area contributed by atoms with Crippen LogP contribution in [0.4, 0.5) is 0 Å². The predicted octanol–water partition coefficient (Wildman–Crippen LogP) is 4.17. The quantitative estimate of drug-likeness (QED) is 0.724. The fraction of sp³-hybridized carbons (Fsp3) is 0.467. The van der Waals surface area contributed by atoms with E-state index in [9.17, 15) is 0 Å². The van der Waals surface area contributed by atoms with Crippen molar-refractivity contribution in [2.24, 2.45) is 5.92 Å². The smallest absolute Gasteiger partial charge is 0.0485 e. The lowest BCUT2D eigenvalue weighted by molar-refractivity contribution is 0.604. The number of nitrogens with zero attached hydrogens (tertiary/aromatic N) is 1. The zero-order chi connectivity index (χ0) is 11.7. The van der Waals surface area contributed by atoms with Gasteiger partial charge in [-0.3, -0.25) is 0 Å². The van der Waals surface area contributed by atoms with Crippen LogP contribution in [0.1, 0.15) is 32.0 Å². The molecule has 0 aliphatic rings. The summed E-state index contributed by atoms with van der Waals surface area (Å²) in [6.07, 6.45) is 1.17. The Morgan fingerprint density at radius 2 is 2.00 bits per heavy atom. The van der Waals surface area contributed by atoms with E-state index < -0.39 is 0 Å². The number of rotatable bonds is 3. The summed E-state index contributed by atoms with van der Waals surface area (Å²) in [6, 6.07) is 8.95. The van der Waals surface area contributed by atoms with Crippen LogP contribution in [0.25, 0.3) is 10.9 Å². The second-order valence-electron chi connectivity index (χ2n) is 4.99. The Morgan fingerprint density at radius 1 is 1.25 bits per heavy atom. The Kier molecular flexibility index (Phi) is 3.04. The van der Waals surface area contributed by atoms with Crippen LogP contribution < -0.4 is 0 Å². The maximum Gasteiger partial charge on any atom is 0.0485 e. The lowest BCUT2D eigenvalue weighted by atomic mass is 10.1. The molecule has 0 aliphatic carbocycles. The van der Waals surface area contributed by atoms with Gasteiger partial charge in [0.2, 0.25) is 0 Å². The predicted molar refractivity (Wildman–Crippen MR) is 70.9 cm³/mol. The van der Waals surface area contributed by atoms with Gasteiger partial charge in [-0.2, -0.15) is 0 Å². The average molecular weight is 215 g/mol. The SMILES string of the molecule is CCn1c(CC(C)C)cc2c(C)cccc21. The van der Waals surface area contributed by atoms with Gasteiger partial charge in [0.25, 0.3) is 0 Å². The molecule has 0 saturated heterocycles. The van der Waals surface area contributed by atoms with Crippen molar-refractivity contribution < 1.29 is 0 Å². The molecule has 0 amide bonds. The first-order chi connectivity index (χ1) is 7.63. The molecule has 86 valence electrons. The molecular formula is C15H21N. The molecule has 0 atom stereocenters. The Labute approximate surface area is 98.1 Å². The highest BCUT2D eigenvalue weighted by Crippen LogP contribution is 2.24. The number of aromatic nitrogens is 1. The third kappa shape index (κ3) is 1.87. The van der Waals surface area contributed by atoms with E-state index in [2.05, 4.69) is 56.5 Å². The zero-order valence-corrected chi connectivity index (χ0v) is 10.7. The molecule has 1 aromatic heterocycles. The van der Waals surface area contributed by atoms with Crippen LogP contribution in [0.5, 0.6) is 0 Å². The number of aryl methyl sites for hydroxylation is 2. The molecule has 0 unspecified atom stereocenters. The van der Waals surface area contributed by atoms with Gasteiger partial charge in [0.1, 0.15) is 0 Å². The summed E-state index contributed by atoms with van der Waals surface area (Å²) in [5, 5.41) is 1.42. The van der Waals surface area contributed by atoms with Gasteiger partial charge in [-0.25, -0.2) is 0 Å². The van der Waals surface area contributed by atoms with E-state index in [1.54, 1.807) is 0 Å². The average Bonchev–Trinajstić information content (AvgIpc) is 2.56. The van der Waals surface area contributed by atoms with Gasteiger partial charge in [-0.05, 0) is 43.9 Å². The van der Waals surface area contributed by atoms with Crippen LogP contribution in [0, 0.1) is 12.8 Å². The second kappa shape index (κ2) is 4.32. The summed E-state index contributed by atoms with van der Waals surface area (Å²) in [5.41, 5.74) is 4.25. The molecule has 1 aromatic carbocycles. The van der Waals surface area contributed by atoms with Crippen molar-refractivity contribution in [3.8, 4) is 0 Å². The van der Waals surface area contributed by atoms with Gasteiger partial charge in [0.15, 0.2) is 0 Å². The standard InChI is InChI=1S/C15H21N/c1-5-16-13(9-11(2)3)10-14-12(4)7-6-8-15(14)16/h6-8,10-11H,5,9H2,1-4H3. The molecule has 1 nitrogen and oxygen atoms in total. The first-order valence-corrected chi connectivity index (χ1v) is 6.21. The molecular weight excluding hydrogens is 194 g/mol. The highest BCUT2D eigenvalue weighted by atomic mass is 15.0. The summed E-state index contributed by atoms with van der Waals surface area (Å²) in [6.45, 7) is 10.1. The van der Waals surface area contributed by atoms with E-state index >= 15 is 0 Å². The van der Waals surface area contributed by atoms with Gasteiger partial charge in [-0.15, -0.1) is 0 Å². The van der Waals surface area contributed by atoms with Crippen molar-refractivity contribution in [3.63, 3.8) is 0 Å². The minimum absolute atomic E-state index is 0.718. The molecule has 0 N–H and O–H groups in total. The van der Waals surface area contributed by atoms with E-state index in [4.69, 9.17) is 0 Å². The summed E-state index contributed by atoms with van der Waals surface area (Å²) in [5.74, 6) is 0.718. The zero-order valence-electron chi connectivity index (χ0n) is 10.7. The highest BCUT2D eigenvalue weighted by Gasteiger charge is 2.09. The van der Waals surface area contributed by atoms with Gasteiger partial charge < -0.3 is 4.57 Å². The van der Waals surface area contributed by atoms with Gasteiger partial charge in [-0.1, -0.05) is 26.0 Å². The molecule has 1 heterocycles. The monoisotopic (exact) mass is 215 g/mol. The number of hydrogen-bond donors (Lipinski definition) is 0. The van der Waals surface area contributed by atoms with Crippen LogP contribution in [0.3, 0.4) is 0 Å². The Bertz CT molecular complexity index is 491. The van der Waals surface area contributed by atoms with Gasteiger partial charge >= 0.3 is 0 Å². The lowest BCUT2D eigenvalue weighted by Crippen LogP contribution is -2.03. The van der Waals surface area contributed by atoms with Crippen molar-refractivity contribution in [1.82, 2.24) is 4.57 Å². The molecule has 16 heavy (non-hydrogen) atoms. The maximum atomic E-state index is 2.45. The van der Waals surface area contributed by atoms with Gasteiger partial charge in [0.05, 0.1) is 0 Å². The maximum absolute atomic E-state index is 2.45. The molecule has 0 spiro atoms. The molecule has 0 fully saturated rings. The first-order valence-electron chi connectivity index (χ1n) is 6.21. The van der Waals surface area contributed by atoms with Crippen molar-refractivity contribution in [2.75, 3.05) is 0 Å². The van der Waals surface area contributed by atoms with Gasteiger partial charge in [0, 0.05) is 23.1 Å². The van der Waals surface area contributed by atoms with Crippen LogP contribution in [0.2, 0.25) is 0 Å². The molecule has 2 aromatic rings. The molecule has 0 bridgehead atoms. The van der Waals surface area contributed by atoms with E-state index in [0.717, 1.165) is 12.5 Å². The normalized spacial score (nSPS) is 11.6. The summed E-state index contributed by atoms with van der Waals surface area (Å²) < 4.78 is 2.45. The Hall–Kier alpha value is -1.24. The van der Waals surface area contributed by atoms with E-state index in [1.165, 1.54) is 28.6 Å². The van der Waals surface area contributed by atoms with E-state index in [1.807, 2.05) is 0 Å². The van der Waals surface area contributed by atoms with Crippen LogP contribution in [-0.4, -0.2) is 4.57 Å². The third-order valence-corrected chi connectivity index (χ3v) is 3.18. The van der Waals surface area contributed by atoms with Crippen LogP contribution >= 0.6 is 0 Å². The van der Waals surface area contributed by atoms with Crippen molar-refractivity contribution in [3.05, 3.63) is 35.5 Å². The Balaban J connectivity index is 2.61. The second-order valence-corrected chi connectivity index (χ2v) is 4.99. The number of hydrogen-bond acceptors (Lipinski definition) is 0. The molecule has 2 rings (SSSR count). The van der Waals surface area contributed by atoms with Crippen molar-refractivity contribution in [1.29, 1.82) is 0 Å². The van der Waals surface area contributed by atoms with Crippen molar-refractivity contribution in [2.45, 2.75) is 40.7 Å². The largest absolute Gasteiger partial charge is 0.345 e. The summed E-state index contributed by atoms with van der Waals surface area (Å²) in [4.78, 5) is 0. The minimum atomic E-state index is 0.718. The first kappa shape index (κ1) is 11.3. The highest BCUT2D eigenvalue weighted by molar-refractivity contribution is 5.84. The number of fused-ring (bicyclic) bond motifs is 1. The van der Waals surface area contributed by atoms with E-state index in [-0.39, 0.29) is 0 Å². The fourth-order valence-corrected chi connectivity index (χ4v) is 2.45. The minimum Gasteiger partial charge on any atom is -0.345 e. The molecule has 0 radical (unpaired) electrons. The van der Waals surface area contributed by atoms with E-state index in [0.29, 0.717) is 0 Å². The topological polar surface area (TPSA) is 4.93 Å². The Morgan fingerprint density at radius 3 is 2.62 bits per heavy atom. The number of benzene rings is 1.